The van der Waals surface area contributed by atoms with Gasteiger partial charge in [0, 0.05) is 41.4 Å². The van der Waals surface area contributed by atoms with Gasteiger partial charge in [-0.05, 0) is 18.2 Å². The molecular weight excluding hydrogens is 292 g/mol. The molecule has 0 bridgehead atoms. The molecule has 0 radical (unpaired) electrons. The van der Waals surface area contributed by atoms with E-state index in [1.54, 1.807) is 24.5 Å². The summed E-state index contributed by atoms with van der Waals surface area (Å²) in [6.45, 7) is 0. The fourth-order valence-electron chi connectivity index (χ4n) is 2.00. The van der Waals surface area contributed by atoms with Gasteiger partial charge in [0.25, 0.3) is 0 Å². The predicted octanol–water partition coefficient (Wildman–Crippen LogP) is 2.11. The van der Waals surface area contributed by atoms with E-state index in [-0.39, 0.29) is 10.8 Å². The van der Waals surface area contributed by atoms with Gasteiger partial charge in [0.15, 0.2) is 26.9 Å². The largest absolute Gasteiger partial charge is 0.452 e. The molecule has 3 aromatic heterocycles. The highest BCUT2D eigenvalue weighted by Gasteiger charge is 2.13. The molecule has 106 valence electrons. The van der Waals surface area contributed by atoms with Crippen LogP contribution in [0.1, 0.15) is 10.6 Å². The molecule has 0 aliphatic rings. The first-order valence-electron chi connectivity index (χ1n) is 5.98. The normalized spacial score (nSPS) is 11.7. The zero-order valence-corrected chi connectivity index (χ0v) is 11.8. The lowest BCUT2D eigenvalue weighted by Crippen LogP contribution is -1.99. The van der Waals surface area contributed by atoms with E-state index in [0.717, 1.165) is 6.26 Å². The van der Waals surface area contributed by atoms with Crippen molar-refractivity contribution in [1.29, 1.82) is 0 Å². The second kappa shape index (κ2) is 4.78. The number of sulfone groups is 1. The number of nitrogens with zero attached hydrogens (tertiary/aromatic N) is 2. The van der Waals surface area contributed by atoms with E-state index in [9.17, 15) is 13.2 Å². The number of aromatic nitrogens is 2. The van der Waals surface area contributed by atoms with Crippen LogP contribution >= 0.6 is 0 Å². The van der Waals surface area contributed by atoms with E-state index in [4.69, 9.17) is 4.42 Å². The fraction of sp³-hybridized carbons (Fsp3) is 0.0714. The molecule has 0 N–H and O–H groups in total. The molecule has 0 atom stereocenters. The molecule has 3 aromatic rings. The number of rotatable bonds is 3. The maximum absolute atomic E-state index is 11.4. The SMILES string of the molecule is CS(=O)(=O)c1ccc(-c2cncc3cc(C=O)oc23)cn1. The average molecular weight is 302 g/mol. The van der Waals surface area contributed by atoms with Gasteiger partial charge in [0.05, 0.1) is 0 Å². The van der Waals surface area contributed by atoms with Crippen molar-refractivity contribution in [2.75, 3.05) is 6.26 Å². The van der Waals surface area contributed by atoms with Crippen LogP contribution in [0.4, 0.5) is 0 Å². The van der Waals surface area contributed by atoms with E-state index in [0.29, 0.717) is 28.4 Å². The smallest absolute Gasteiger partial charge is 0.192 e. The number of carbonyl (C=O) groups excluding carboxylic acids is 1. The van der Waals surface area contributed by atoms with Gasteiger partial charge in [-0.15, -0.1) is 0 Å². The van der Waals surface area contributed by atoms with Crippen LogP contribution < -0.4 is 0 Å². The molecule has 0 fully saturated rings. The third-order valence-corrected chi connectivity index (χ3v) is 3.99. The number of aldehydes is 1. The second-order valence-corrected chi connectivity index (χ2v) is 6.49. The van der Waals surface area contributed by atoms with Crippen LogP contribution in [-0.4, -0.2) is 30.9 Å². The molecular formula is C14H10N2O4S. The van der Waals surface area contributed by atoms with Crippen LogP contribution in [0.15, 0.2) is 46.2 Å². The lowest BCUT2D eigenvalue weighted by molar-refractivity contribution is 0.110. The minimum Gasteiger partial charge on any atom is -0.452 e. The summed E-state index contributed by atoms with van der Waals surface area (Å²) in [6.07, 6.45) is 6.33. The number of furan rings is 1. The molecule has 7 heteroatoms. The van der Waals surface area contributed by atoms with Crippen LogP contribution in [-0.2, 0) is 9.84 Å². The van der Waals surface area contributed by atoms with Crippen molar-refractivity contribution >= 4 is 27.1 Å². The minimum absolute atomic E-state index is 0.000547. The lowest BCUT2D eigenvalue weighted by atomic mass is 10.1. The van der Waals surface area contributed by atoms with E-state index in [1.165, 1.54) is 12.3 Å². The monoisotopic (exact) mass is 302 g/mol. The summed E-state index contributed by atoms with van der Waals surface area (Å²) in [5.41, 5.74) is 1.82. The molecule has 0 amide bonds. The Balaban J connectivity index is 2.16. The van der Waals surface area contributed by atoms with Crippen molar-refractivity contribution in [1.82, 2.24) is 9.97 Å². The van der Waals surface area contributed by atoms with E-state index in [1.807, 2.05) is 0 Å². The number of fused-ring (bicyclic) bond motifs is 1. The van der Waals surface area contributed by atoms with Crippen molar-refractivity contribution in [3.05, 3.63) is 42.5 Å². The minimum atomic E-state index is -3.34. The highest BCUT2D eigenvalue weighted by atomic mass is 32.2. The van der Waals surface area contributed by atoms with Gasteiger partial charge >= 0.3 is 0 Å². The number of hydrogen-bond donors (Lipinski definition) is 0. The first-order chi connectivity index (χ1) is 9.99. The summed E-state index contributed by atoms with van der Waals surface area (Å²) < 4.78 is 28.3. The Kier molecular flexibility index (Phi) is 3.06. The Morgan fingerprint density at radius 2 is 2.00 bits per heavy atom. The zero-order chi connectivity index (χ0) is 15.0. The van der Waals surface area contributed by atoms with Gasteiger partial charge < -0.3 is 4.42 Å². The highest BCUT2D eigenvalue weighted by Crippen LogP contribution is 2.29. The number of carbonyl (C=O) groups is 1. The van der Waals surface area contributed by atoms with Crippen molar-refractivity contribution in [2.24, 2.45) is 0 Å². The Labute approximate surface area is 120 Å². The van der Waals surface area contributed by atoms with E-state index < -0.39 is 9.84 Å². The summed E-state index contributed by atoms with van der Waals surface area (Å²) in [5, 5.41) is 0.696. The molecule has 3 heterocycles. The molecule has 0 spiro atoms. The van der Waals surface area contributed by atoms with Crippen LogP contribution in [0, 0.1) is 0 Å². The van der Waals surface area contributed by atoms with Crippen LogP contribution in [0.3, 0.4) is 0 Å². The summed E-state index contributed by atoms with van der Waals surface area (Å²) in [6, 6.07) is 4.65. The van der Waals surface area contributed by atoms with Gasteiger partial charge in [0.2, 0.25) is 0 Å². The first-order valence-corrected chi connectivity index (χ1v) is 7.87. The second-order valence-electron chi connectivity index (χ2n) is 4.53. The van der Waals surface area contributed by atoms with E-state index in [2.05, 4.69) is 9.97 Å². The third-order valence-electron chi connectivity index (χ3n) is 2.99. The van der Waals surface area contributed by atoms with Gasteiger partial charge in [-0.25, -0.2) is 13.4 Å². The summed E-state index contributed by atoms with van der Waals surface area (Å²) in [7, 11) is -3.34. The van der Waals surface area contributed by atoms with Crippen molar-refractivity contribution in [2.45, 2.75) is 5.03 Å². The molecule has 6 nitrogen and oxygen atoms in total. The quantitative estimate of drug-likeness (QED) is 0.688. The zero-order valence-electron chi connectivity index (χ0n) is 11.0. The Morgan fingerprint density at radius 3 is 2.62 bits per heavy atom. The first kappa shape index (κ1) is 13.4. The van der Waals surface area contributed by atoms with Crippen molar-refractivity contribution < 1.29 is 17.6 Å². The average Bonchev–Trinajstić information content (AvgIpc) is 2.89. The standard InChI is InChI=1S/C14H10N2O4S/c1-21(18,19)13-3-2-9(6-16-13)12-7-15-5-10-4-11(8-17)20-14(10)12/h2-8H,1H3. The molecule has 21 heavy (non-hydrogen) atoms. The summed E-state index contributed by atoms with van der Waals surface area (Å²) in [5.74, 6) is 0.208. The van der Waals surface area contributed by atoms with Crippen LogP contribution in [0.25, 0.3) is 22.1 Å². The fourth-order valence-corrected chi connectivity index (χ4v) is 2.56. The van der Waals surface area contributed by atoms with Crippen molar-refractivity contribution in [3.63, 3.8) is 0 Å². The summed E-state index contributed by atoms with van der Waals surface area (Å²) in [4.78, 5) is 18.8. The molecule has 0 saturated heterocycles. The predicted molar refractivity (Wildman–Crippen MR) is 75.7 cm³/mol. The van der Waals surface area contributed by atoms with Gasteiger partial charge in [0.1, 0.15) is 5.58 Å². The Hall–Kier alpha value is -2.54. The Bertz CT molecular complexity index is 927. The maximum Gasteiger partial charge on any atom is 0.192 e. The molecule has 0 aromatic carbocycles. The molecule has 0 aliphatic carbocycles. The molecule has 0 unspecified atom stereocenters. The summed E-state index contributed by atoms with van der Waals surface area (Å²) >= 11 is 0. The van der Waals surface area contributed by atoms with Gasteiger partial charge in [-0.1, -0.05) is 0 Å². The number of hydrogen-bond acceptors (Lipinski definition) is 6. The lowest BCUT2D eigenvalue weighted by Gasteiger charge is -2.03. The van der Waals surface area contributed by atoms with Crippen LogP contribution in [0.2, 0.25) is 0 Å². The van der Waals surface area contributed by atoms with E-state index >= 15 is 0 Å². The third kappa shape index (κ3) is 2.43. The molecule has 0 aliphatic heterocycles. The van der Waals surface area contributed by atoms with Crippen LogP contribution in [0.5, 0.6) is 0 Å². The molecule has 3 rings (SSSR count). The van der Waals surface area contributed by atoms with Crippen molar-refractivity contribution in [3.8, 4) is 11.1 Å². The van der Waals surface area contributed by atoms with Gasteiger partial charge in [-0.2, -0.15) is 0 Å². The Morgan fingerprint density at radius 1 is 1.19 bits per heavy atom. The number of pyridine rings is 2. The molecule has 0 saturated carbocycles. The topological polar surface area (TPSA) is 90.1 Å². The maximum atomic E-state index is 11.4. The van der Waals surface area contributed by atoms with Gasteiger partial charge in [-0.3, -0.25) is 9.78 Å². The highest BCUT2D eigenvalue weighted by molar-refractivity contribution is 7.90.